The van der Waals surface area contributed by atoms with E-state index in [2.05, 4.69) is 37.2 Å². The van der Waals surface area contributed by atoms with E-state index in [4.69, 9.17) is 4.74 Å². The van der Waals surface area contributed by atoms with Gasteiger partial charge >= 0.3 is 0 Å². The van der Waals surface area contributed by atoms with E-state index >= 15 is 0 Å². The number of carbonyl (C=O) groups excluding carboxylic acids is 1. The van der Waals surface area contributed by atoms with E-state index in [-0.39, 0.29) is 5.91 Å². The number of hydrogen-bond acceptors (Lipinski definition) is 2. The van der Waals surface area contributed by atoms with Crippen LogP contribution in [0.3, 0.4) is 0 Å². The second-order valence-corrected chi connectivity index (χ2v) is 6.23. The number of hydrogen-bond donors (Lipinski definition) is 1. The van der Waals surface area contributed by atoms with Crippen molar-refractivity contribution in [3.63, 3.8) is 0 Å². The van der Waals surface area contributed by atoms with Gasteiger partial charge in [-0.15, -0.1) is 0 Å². The molecule has 0 bridgehead atoms. The number of anilines is 1. The number of benzene rings is 2. The largest absolute Gasteiger partial charge is 0.376 e. The number of ether oxygens (including phenoxy) is 1. The molecule has 0 aliphatic carbocycles. The van der Waals surface area contributed by atoms with E-state index in [1.54, 1.807) is 0 Å². The zero-order chi connectivity index (χ0) is 15.1. The Balaban J connectivity index is 1.72. The number of nitrogens with one attached hydrogen (secondary N) is 1. The normalized spacial score (nSPS) is 10.4. The van der Waals surface area contributed by atoms with E-state index < -0.39 is 0 Å². The molecule has 0 saturated heterocycles. The number of halogens is 2. The summed E-state index contributed by atoms with van der Waals surface area (Å²) in [6.45, 7) is 0.922. The zero-order valence-corrected chi connectivity index (χ0v) is 14.5. The van der Waals surface area contributed by atoms with Gasteiger partial charge in [0.25, 0.3) is 0 Å². The molecule has 5 heteroatoms. The first kappa shape index (κ1) is 16.2. The maximum atomic E-state index is 11.8. The summed E-state index contributed by atoms with van der Waals surface area (Å²) in [4.78, 5) is 11.8. The average Bonchev–Trinajstić information content (AvgIpc) is 2.48. The van der Waals surface area contributed by atoms with Crippen LogP contribution < -0.4 is 5.32 Å². The smallest absolute Gasteiger partial charge is 0.226 e. The summed E-state index contributed by atoms with van der Waals surface area (Å²) in [5.41, 5.74) is 1.86. The molecule has 2 aromatic rings. The van der Waals surface area contributed by atoms with Crippen LogP contribution in [0.2, 0.25) is 0 Å². The fraction of sp³-hybridized carbons (Fsp3) is 0.188. The Morgan fingerprint density at radius 1 is 1.10 bits per heavy atom. The molecule has 0 aliphatic heterocycles. The number of amides is 1. The maximum Gasteiger partial charge on any atom is 0.226 e. The Kier molecular flexibility index (Phi) is 6.42. The van der Waals surface area contributed by atoms with Crippen molar-refractivity contribution in [2.24, 2.45) is 0 Å². The van der Waals surface area contributed by atoms with Gasteiger partial charge in [-0.1, -0.05) is 46.3 Å². The van der Waals surface area contributed by atoms with Gasteiger partial charge < -0.3 is 10.1 Å². The second kappa shape index (κ2) is 8.32. The van der Waals surface area contributed by atoms with Gasteiger partial charge in [-0.3, -0.25) is 4.79 Å². The predicted octanol–water partition coefficient (Wildman–Crippen LogP) is 4.76. The van der Waals surface area contributed by atoms with Crippen molar-refractivity contribution in [2.75, 3.05) is 11.9 Å². The Morgan fingerprint density at radius 3 is 2.57 bits per heavy atom. The van der Waals surface area contributed by atoms with Crippen LogP contribution >= 0.6 is 31.9 Å². The van der Waals surface area contributed by atoms with Crippen LogP contribution in [0.15, 0.2) is 57.5 Å². The van der Waals surface area contributed by atoms with Crippen molar-refractivity contribution in [3.8, 4) is 0 Å². The van der Waals surface area contributed by atoms with Gasteiger partial charge in [0, 0.05) is 8.95 Å². The molecular formula is C16H15Br2NO2. The fourth-order valence-corrected chi connectivity index (χ4v) is 2.88. The molecule has 2 rings (SSSR count). The standard InChI is InChI=1S/C16H15Br2NO2/c17-13-6-7-15(14(18)10-13)19-16(20)8-9-21-11-12-4-2-1-3-5-12/h1-7,10H,8-9,11H2,(H,19,20). The first-order valence-corrected chi connectivity index (χ1v) is 8.10. The third-order valence-corrected chi connectivity index (χ3v) is 3.94. The molecule has 1 amide bonds. The first-order valence-electron chi connectivity index (χ1n) is 6.52. The predicted molar refractivity (Wildman–Crippen MR) is 91.2 cm³/mol. The quantitative estimate of drug-likeness (QED) is 0.694. The van der Waals surface area contributed by atoms with E-state index in [0.717, 1.165) is 20.2 Å². The zero-order valence-electron chi connectivity index (χ0n) is 11.3. The van der Waals surface area contributed by atoms with Crippen molar-refractivity contribution in [1.82, 2.24) is 0 Å². The SMILES string of the molecule is O=C(CCOCc1ccccc1)Nc1ccc(Br)cc1Br. The van der Waals surface area contributed by atoms with Gasteiger partial charge in [-0.25, -0.2) is 0 Å². The van der Waals surface area contributed by atoms with E-state index in [1.165, 1.54) is 0 Å². The number of rotatable bonds is 6. The summed E-state index contributed by atoms with van der Waals surface area (Å²) in [6.07, 6.45) is 0.329. The molecule has 0 unspecified atom stereocenters. The summed E-state index contributed by atoms with van der Waals surface area (Å²) < 4.78 is 7.30. The summed E-state index contributed by atoms with van der Waals surface area (Å²) in [6, 6.07) is 15.5. The molecule has 21 heavy (non-hydrogen) atoms. The summed E-state index contributed by atoms with van der Waals surface area (Å²) >= 11 is 6.79. The first-order chi connectivity index (χ1) is 10.1. The van der Waals surface area contributed by atoms with Gasteiger partial charge in [0.15, 0.2) is 0 Å². The highest BCUT2D eigenvalue weighted by Gasteiger charge is 2.06. The van der Waals surface area contributed by atoms with Crippen LogP contribution in [-0.4, -0.2) is 12.5 Å². The highest BCUT2D eigenvalue weighted by atomic mass is 79.9. The third-order valence-electron chi connectivity index (χ3n) is 2.79. The molecule has 0 aromatic heterocycles. The van der Waals surface area contributed by atoms with Crippen LogP contribution in [0.1, 0.15) is 12.0 Å². The molecule has 3 nitrogen and oxygen atoms in total. The van der Waals surface area contributed by atoms with Crippen LogP contribution in [-0.2, 0) is 16.1 Å². The van der Waals surface area contributed by atoms with Gasteiger partial charge in [0.2, 0.25) is 5.91 Å². The minimum atomic E-state index is -0.0638. The Morgan fingerprint density at radius 2 is 1.86 bits per heavy atom. The molecular weight excluding hydrogens is 398 g/mol. The fourth-order valence-electron chi connectivity index (χ4n) is 1.73. The van der Waals surface area contributed by atoms with Gasteiger partial charge in [-0.2, -0.15) is 0 Å². The molecule has 0 heterocycles. The lowest BCUT2D eigenvalue weighted by Crippen LogP contribution is -2.14. The molecule has 0 fully saturated rings. The lowest BCUT2D eigenvalue weighted by atomic mass is 10.2. The lowest BCUT2D eigenvalue weighted by molar-refractivity contribution is -0.117. The molecule has 110 valence electrons. The van der Waals surface area contributed by atoms with E-state index in [0.29, 0.717) is 19.6 Å². The average molecular weight is 413 g/mol. The Hall–Kier alpha value is -1.17. The Labute approximate surface area is 141 Å². The topological polar surface area (TPSA) is 38.3 Å². The van der Waals surface area contributed by atoms with Crippen LogP contribution in [0.5, 0.6) is 0 Å². The summed E-state index contributed by atoms with van der Waals surface area (Å²) in [5.74, 6) is -0.0638. The van der Waals surface area contributed by atoms with E-state index in [9.17, 15) is 4.79 Å². The Bertz CT molecular complexity index is 602. The van der Waals surface area contributed by atoms with Crippen molar-refractivity contribution >= 4 is 43.5 Å². The minimum Gasteiger partial charge on any atom is -0.376 e. The second-order valence-electron chi connectivity index (χ2n) is 4.46. The van der Waals surface area contributed by atoms with Gasteiger partial charge in [-0.05, 0) is 39.7 Å². The maximum absolute atomic E-state index is 11.8. The molecule has 0 saturated carbocycles. The van der Waals surface area contributed by atoms with Crippen LogP contribution in [0.25, 0.3) is 0 Å². The highest BCUT2D eigenvalue weighted by molar-refractivity contribution is 9.11. The minimum absolute atomic E-state index is 0.0638. The number of carbonyl (C=O) groups is 1. The van der Waals surface area contributed by atoms with Crippen molar-refractivity contribution in [2.45, 2.75) is 13.0 Å². The van der Waals surface area contributed by atoms with E-state index in [1.807, 2.05) is 48.5 Å². The third kappa shape index (κ3) is 5.61. The van der Waals surface area contributed by atoms with Crippen molar-refractivity contribution in [1.29, 1.82) is 0 Å². The molecule has 0 atom stereocenters. The van der Waals surface area contributed by atoms with Gasteiger partial charge in [0.05, 0.1) is 25.3 Å². The molecule has 1 N–H and O–H groups in total. The highest BCUT2D eigenvalue weighted by Crippen LogP contribution is 2.26. The molecule has 2 aromatic carbocycles. The monoisotopic (exact) mass is 411 g/mol. The van der Waals surface area contributed by atoms with Gasteiger partial charge in [0.1, 0.15) is 0 Å². The summed E-state index contributed by atoms with van der Waals surface area (Å²) in [7, 11) is 0. The molecule has 0 spiro atoms. The molecule has 0 radical (unpaired) electrons. The van der Waals surface area contributed by atoms with Crippen LogP contribution in [0.4, 0.5) is 5.69 Å². The summed E-state index contributed by atoms with van der Waals surface area (Å²) in [5, 5.41) is 2.85. The van der Waals surface area contributed by atoms with Crippen LogP contribution in [0, 0.1) is 0 Å². The van der Waals surface area contributed by atoms with Crippen molar-refractivity contribution < 1.29 is 9.53 Å². The van der Waals surface area contributed by atoms with Crippen molar-refractivity contribution in [3.05, 3.63) is 63.0 Å². The lowest BCUT2D eigenvalue weighted by Gasteiger charge is -2.08. The molecule has 0 aliphatic rings.